The molecule has 0 aliphatic heterocycles. The zero-order chi connectivity index (χ0) is 18.5. The average Bonchev–Trinajstić information content (AvgIpc) is 2.92. The summed E-state index contributed by atoms with van der Waals surface area (Å²) in [6.45, 7) is 5.12. The van der Waals surface area contributed by atoms with Gasteiger partial charge in [0.1, 0.15) is 6.54 Å². The third kappa shape index (κ3) is 3.46. The number of nitrogens with zero attached hydrogens (tertiary/aromatic N) is 3. The van der Waals surface area contributed by atoms with Gasteiger partial charge in [-0.3, -0.25) is 13.9 Å². The van der Waals surface area contributed by atoms with Crippen molar-refractivity contribution in [3.8, 4) is 5.88 Å². The van der Waals surface area contributed by atoms with Gasteiger partial charge < -0.3 is 10.1 Å². The molecule has 0 spiro atoms. The van der Waals surface area contributed by atoms with Gasteiger partial charge in [0.15, 0.2) is 0 Å². The topological polar surface area (TPSA) is 78.2 Å². The van der Waals surface area contributed by atoms with Crippen molar-refractivity contribution >= 4 is 16.9 Å². The van der Waals surface area contributed by atoms with E-state index in [2.05, 4.69) is 10.3 Å². The monoisotopic (exact) mass is 354 g/mol. The number of rotatable bonds is 7. The van der Waals surface area contributed by atoms with Crippen LogP contribution in [0, 0.1) is 0 Å². The first kappa shape index (κ1) is 17.7. The van der Waals surface area contributed by atoms with Gasteiger partial charge in [0.2, 0.25) is 11.8 Å². The maximum absolute atomic E-state index is 12.6. The highest BCUT2D eigenvalue weighted by atomic mass is 16.5. The number of ether oxygens (including phenoxy) is 1. The van der Waals surface area contributed by atoms with E-state index < -0.39 is 0 Å². The summed E-state index contributed by atoms with van der Waals surface area (Å²) >= 11 is 0. The van der Waals surface area contributed by atoms with Crippen molar-refractivity contribution in [2.24, 2.45) is 0 Å². The lowest BCUT2D eigenvalue weighted by Crippen LogP contribution is -2.32. The number of benzene rings is 1. The summed E-state index contributed by atoms with van der Waals surface area (Å²) in [7, 11) is 0. The predicted molar refractivity (Wildman–Crippen MR) is 99.1 cm³/mol. The normalized spacial score (nSPS) is 10.8. The molecule has 1 amide bonds. The largest absolute Gasteiger partial charge is 0.478 e. The van der Waals surface area contributed by atoms with Crippen molar-refractivity contribution in [1.29, 1.82) is 0 Å². The number of aromatic nitrogens is 3. The van der Waals surface area contributed by atoms with Crippen LogP contribution in [0.3, 0.4) is 0 Å². The second kappa shape index (κ2) is 7.86. The minimum Gasteiger partial charge on any atom is -0.478 e. The Hall–Kier alpha value is -3.09. The Morgan fingerprint density at radius 1 is 1.12 bits per heavy atom. The third-order valence-corrected chi connectivity index (χ3v) is 4.15. The van der Waals surface area contributed by atoms with Crippen molar-refractivity contribution in [2.45, 2.75) is 33.5 Å². The molecule has 1 aromatic carbocycles. The Morgan fingerprint density at radius 2 is 1.85 bits per heavy atom. The standard InChI is InChI=1S/C19H22N4O3/c1-3-22-15-9-5-6-10-16(15)23(19(22)25)13-17(24)21-12-14-8-7-11-20-18(14)26-4-2/h5-11H,3-4,12-13H2,1-2H3,(H,21,24). The van der Waals surface area contributed by atoms with Gasteiger partial charge in [-0.2, -0.15) is 0 Å². The summed E-state index contributed by atoms with van der Waals surface area (Å²) in [5.41, 5.74) is 2.20. The molecule has 0 unspecified atom stereocenters. The zero-order valence-corrected chi connectivity index (χ0v) is 14.9. The summed E-state index contributed by atoms with van der Waals surface area (Å²) in [6.07, 6.45) is 1.65. The SMILES string of the molecule is CCOc1ncccc1CNC(=O)Cn1c(=O)n(CC)c2ccccc21. The van der Waals surface area contributed by atoms with Crippen LogP contribution in [0.25, 0.3) is 11.0 Å². The van der Waals surface area contributed by atoms with Crippen LogP contribution in [-0.2, 0) is 24.4 Å². The first-order chi connectivity index (χ1) is 12.7. The number of nitrogens with one attached hydrogen (secondary N) is 1. The molecule has 0 fully saturated rings. The van der Waals surface area contributed by atoms with Crippen molar-refractivity contribution < 1.29 is 9.53 Å². The molecule has 3 rings (SSSR count). The number of carbonyl (C=O) groups is 1. The Labute approximate surface area is 151 Å². The third-order valence-electron chi connectivity index (χ3n) is 4.15. The lowest BCUT2D eigenvalue weighted by molar-refractivity contribution is -0.121. The van der Waals surface area contributed by atoms with Crippen LogP contribution in [-0.4, -0.2) is 26.6 Å². The number of aryl methyl sites for hydroxylation is 1. The maximum atomic E-state index is 12.6. The van der Waals surface area contributed by atoms with E-state index in [9.17, 15) is 9.59 Å². The predicted octanol–water partition coefficient (Wildman–Crippen LogP) is 1.93. The van der Waals surface area contributed by atoms with E-state index in [0.717, 1.165) is 16.6 Å². The molecule has 0 saturated heterocycles. The Balaban J connectivity index is 1.77. The van der Waals surface area contributed by atoms with Crippen LogP contribution in [0.15, 0.2) is 47.4 Å². The van der Waals surface area contributed by atoms with Gasteiger partial charge in [-0.25, -0.2) is 9.78 Å². The molecule has 0 aliphatic carbocycles. The van der Waals surface area contributed by atoms with E-state index in [1.54, 1.807) is 16.8 Å². The van der Waals surface area contributed by atoms with E-state index in [4.69, 9.17) is 4.74 Å². The van der Waals surface area contributed by atoms with Crippen LogP contribution in [0.2, 0.25) is 0 Å². The zero-order valence-electron chi connectivity index (χ0n) is 14.9. The fourth-order valence-corrected chi connectivity index (χ4v) is 2.95. The van der Waals surface area contributed by atoms with Crippen molar-refractivity contribution in [3.05, 3.63) is 58.6 Å². The number of imidazole rings is 1. The van der Waals surface area contributed by atoms with Gasteiger partial charge in [0.25, 0.3) is 0 Å². The second-order valence-corrected chi connectivity index (χ2v) is 5.78. The number of hydrogen-bond donors (Lipinski definition) is 1. The summed E-state index contributed by atoms with van der Waals surface area (Å²) < 4.78 is 8.63. The smallest absolute Gasteiger partial charge is 0.329 e. The Kier molecular flexibility index (Phi) is 5.36. The minimum absolute atomic E-state index is 0.0312. The van der Waals surface area contributed by atoms with Crippen molar-refractivity contribution in [1.82, 2.24) is 19.4 Å². The van der Waals surface area contributed by atoms with Gasteiger partial charge in [-0.15, -0.1) is 0 Å². The van der Waals surface area contributed by atoms with E-state index in [1.165, 1.54) is 4.57 Å². The lowest BCUT2D eigenvalue weighted by atomic mass is 10.2. The number of carbonyl (C=O) groups excluding carboxylic acids is 1. The van der Waals surface area contributed by atoms with Crippen molar-refractivity contribution in [2.75, 3.05) is 6.61 Å². The first-order valence-electron chi connectivity index (χ1n) is 8.67. The first-order valence-corrected chi connectivity index (χ1v) is 8.67. The second-order valence-electron chi connectivity index (χ2n) is 5.78. The van der Waals surface area contributed by atoms with E-state index >= 15 is 0 Å². The molecular formula is C19H22N4O3. The molecule has 0 saturated carbocycles. The van der Waals surface area contributed by atoms with Gasteiger partial charge >= 0.3 is 5.69 Å². The highest BCUT2D eigenvalue weighted by Crippen LogP contribution is 2.14. The van der Waals surface area contributed by atoms with E-state index in [0.29, 0.717) is 25.6 Å². The highest BCUT2D eigenvalue weighted by Gasteiger charge is 2.14. The molecule has 7 heteroatoms. The fraction of sp³-hybridized carbons (Fsp3) is 0.316. The van der Waals surface area contributed by atoms with E-state index in [-0.39, 0.29) is 18.1 Å². The molecule has 2 aromatic heterocycles. The summed E-state index contributed by atoms with van der Waals surface area (Å²) in [5, 5.41) is 2.84. The molecule has 26 heavy (non-hydrogen) atoms. The number of fused-ring (bicyclic) bond motifs is 1. The van der Waals surface area contributed by atoms with Gasteiger partial charge in [-0.1, -0.05) is 18.2 Å². The number of hydrogen-bond acceptors (Lipinski definition) is 4. The fourth-order valence-electron chi connectivity index (χ4n) is 2.95. The minimum atomic E-state index is -0.239. The number of para-hydroxylation sites is 2. The highest BCUT2D eigenvalue weighted by molar-refractivity contribution is 5.81. The molecule has 0 radical (unpaired) electrons. The van der Waals surface area contributed by atoms with Gasteiger partial charge in [0, 0.05) is 24.8 Å². The number of amides is 1. The molecule has 0 atom stereocenters. The van der Waals surface area contributed by atoms with Crippen LogP contribution in [0.5, 0.6) is 5.88 Å². The van der Waals surface area contributed by atoms with Crippen molar-refractivity contribution in [3.63, 3.8) is 0 Å². The van der Waals surface area contributed by atoms with Crippen LogP contribution in [0.1, 0.15) is 19.4 Å². The lowest BCUT2D eigenvalue weighted by Gasteiger charge is -2.10. The Morgan fingerprint density at radius 3 is 2.54 bits per heavy atom. The average molecular weight is 354 g/mol. The molecule has 0 bridgehead atoms. The summed E-state index contributed by atoms with van der Waals surface area (Å²) in [5.74, 6) is 0.271. The van der Waals surface area contributed by atoms with Gasteiger partial charge in [0.05, 0.1) is 17.6 Å². The molecule has 2 heterocycles. The Bertz CT molecular complexity index is 974. The summed E-state index contributed by atoms with van der Waals surface area (Å²) in [6, 6.07) is 11.1. The quantitative estimate of drug-likeness (QED) is 0.703. The van der Waals surface area contributed by atoms with Crippen LogP contribution < -0.4 is 15.7 Å². The molecular weight excluding hydrogens is 332 g/mol. The van der Waals surface area contributed by atoms with E-state index in [1.807, 2.05) is 44.2 Å². The number of pyridine rings is 1. The molecule has 7 nitrogen and oxygen atoms in total. The summed E-state index contributed by atoms with van der Waals surface area (Å²) in [4.78, 5) is 29.2. The maximum Gasteiger partial charge on any atom is 0.329 e. The molecule has 0 aliphatic rings. The van der Waals surface area contributed by atoms with Gasteiger partial charge in [-0.05, 0) is 32.0 Å². The van der Waals surface area contributed by atoms with Crippen LogP contribution in [0.4, 0.5) is 0 Å². The van der Waals surface area contributed by atoms with Crippen LogP contribution >= 0.6 is 0 Å². The molecule has 136 valence electrons. The molecule has 3 aromatic rings. The molecule has 1 N–H and O–H groups in total.